The maximum absolute atomic E-state index is 6.21. The van der Waals surface area contributed by atoms with Crippen LogP contribution in [0.3, 0.4) is 0 Å². The molecule has 18 heavy (non-hydrogen) atoms. The molecule has 0 aliphatic carbocycles. The number of halogens is 3. The van der Waals surface area contributed by atoms with Gasteiger partial charge in [0.25, 0.3) is 0 Å². The van der Waals surface area contributed by atoms with Gasteiger partial charge < -0.3 is 9.73 Å². The monoisotopic (exact) mass is 303 g/mol. The fourth-order valence-corrected chi connectivity index (χ4v) is 2.35. The zero-order valence-electron chi connectivity index (χ0n) is 9.71. The summed E-state index contributed by atoms with van der Waals surface area (Å²) in [6.45, 7) is 2.78. The molecule has 1 atom stereocenters. The number of benzene rings is 1. The van der Waals surface area contributed by atoms with Crippen LogP contribution < -0.4 is 5.32 Å². The van der Waals surface area contributed by atoms with E-state index in [0.717, 1.165) is 12.1 Å². The Kier molecular flexibility index (Phi) is 4.57. The average Bonchev–Trinajstić information content (AvgIpc) is 2.76. The predicted molar refractivity (Wildman–Crippen MR) is 75.7 cm³/mol. The molecule has 2 rings (SSSR count). The van der Waals surface area contributed by atoms with Crippen molar-refractivity contribution in [3.05, 3.63) is 56.9 Å². The van der Waals surface area contributed by atoms with Gasteiger partial charge in [0.1, 0.15) is 5.76 Å². The molecular weight excluding hydrogens is 293 g/mol. The summed E-state index contributed by atoms with van der Waals surface area (Å²) < 4.78 is 5.45. The lowest BCUT2D eigenvalue weighted by Crippen LogP contribution is -2.21. The van der Waals surface area contributed by atoms with Crippen LogP contribution in [-0.4, -0.2) is 6.54 Å². The maximum Gasteiger partial charge on any atom is 0.193 e. The molecule has 1 unspecified atom stereocenters. The van der Waals surface area contributed by atoms with Crippen molar-refractivity contribution in [1.29, 1.82) is 0 Å². The normalized spacial score (nSPS) is 12.7. The maximum atomic E-state index is 6.21. The van der Waals surface area contributed by atoms with Gasteiger partial charge in [-0.2, -0.15) is 0 Å². The van der Waals surface area contributed by atoms with Gasteiger partial charge in [-0.15, -0.1) is 0 Å². The first-order valence-corrected chi connectivity index (χ1v) is 6.68. The summed E-state index contributed by atoms with van der Waals surface area (Å²) in [5, 5.41) is 4.93. The van der Waals surface area contributed by atoms with Gasteiger partial charge in [0.15, 0.2) is 5.22 Å². The molecule has 0 aliphatic rings. The Morgan fingerprint density at radius 3 is 2.56 bits per heavy atom. The van der Waals surface area contributed by atoms with Crippen LogP contribution in [0.4, 0.5) is 0 Å². The average molecular weight is 305 g/mol. The zero-order valence-corrected chi connectivity index (χ0v) is 12.0. The van der Waals surface area contributed by atoms with Crippen molar-refractivity contribution in [2.45, 2.75) is 13.0 Å². The summed E-state index contributed by atoms with van der Waals surface area (Å²) in [6, 6.07) is 8.73. The van der Waals surface area contributed by atoms with E-state index < -0.39 is 0 Å². The van der Waals surface area contributed by atoms with Gasteiger partial charge in [0.05, 0.1) is 6.04 Å². The molecule has 1 aromatic carbocycles. The van der Waals surface area contributed by atoms with Crippen molar-refractivity contribution >= 4 is 34.8 Å². The first-order valence-electron chi connectivity index (χ1n) is 5.55. The summed E-state index contributed by atoms with van der Waals surface area (Å²) in [5.41, 5.74) is 0.872. The minimum atomic E-state index is -0.159. The second-order valence-electron chi connectivity index (χ2n) is 3.80. The van der Waals surface area contributed by atoms with Gasteiger partial charge in [-0.1, -0.05) is 30.1 Å². The summed E-state index contributed by atoms with van der Waals surface area (Å²) in [4.78, 5) is 0. The lowest BCUT2D eigenvalue weighted by atomic mass is 10.0. The van der Waals surface area contributed by atoms with E-state index in [1.807, 2.05) is 19.1 Å². The van der Waals surface area contributed by atoms with Gasteiger partial charge >= 0.3 is 0 Å². The molecule has 0 fully saturated rings. The molecule has 2 aromatic rings. The van der Waals surface area contributed by atoms with Crippen LogP contribution in [0, 0.1) is 0 Å². The molecule has 1 N–H and O–H groups in total. The molecule has 0 radical (unpaired) electrons. The Morgan fingerprint density at radius 1 is 1.17 bits per heavy atom. The Morgan fingerprint density at radius 2 is 1.94 bits per heavy atom. The highest BCUT2D eigenvalue weighted by atomic mass is 35.5. The van der Waals surface area contributed by atoms with Gasteiger partial charge in [-0.25, -0.2) is 0 Å². The van der Waals surface area contributed by atoms with Crippen LogP contribution in [-0.2, 0) is 0 Å². The number of nitrogens with one attached hydrogen (secondary N) is 1. The molecule has 96 valence electrons. The molecule has 0 amide bonds. The van der Waals surface area contributed by atoms with Crippen molar-refractivity contribution in [2.75, 3.05) is 6.54 Å². The predicted octanol–water partition coefficient (Wildman–Crippen LogP) is 4.94. The van der Waals surface area contributed by atoms with Crippen molar-refractivity contribution in [3.8, 4) is 0 Å². The van der Waals surface area contributed by atoms with Crippen molar-refractivity contribution < 1.29 is 4.42 Å². The molecule has 0 bridgehead atoms. The van der Waals surface area contributed by atoms with E-state index in [2.05, 4.69) is 5.32 Å². The number of hydrogen-bond donors (Lipinski definition) is 1. The highest BCUT2D eigenvalue weighted by Crippen LogP contribution is 2.32. The van der Waals surface area contributed by atoms with E-state index in [1.54, 1.807) is 18.2 Å². The first kappa shape index (κ1) is 13.8. The molecular formula is C13H12Cl3NO. The Labute approximate surface area is 121 Å². The molecule has 0 saturated heterocycles. The zero-order chi connectivity index (χ0) is 13.1. The third-order valence-corrected chi connectivity index (χ3v) is 3.34. The molecule has 2 nitrogen and oxygen atoms in total. The van der Waals surface area contributed by atoms with Crippen LogP contribution in [0.2, 0.25) is 15.3 Å². The van der Waals surface area contributed by atoms with E-state index in [1.165, 1.54) is 0 Å². The SMILES string of the molecule is CCNC(c1ccc(Cl)o1)c1cc(Cl)ccc1Cl. The fraction of sp³-hybridized carbons (Fsp3) is 0.231. The van der Waals surface area contributed by atoms with Crippen molar-refractivity contribution in [3.63, 3.8) is 0 Å². The number of furan rings is 1. The van der Waals surface area contributed by atoms with Gasteiger partial charge in [-0.05, 0) is 54.0 Å². The van der Waals surface area contributed by atoms with Gasteiger partial charge in [0.2, 0.25) is 0 Å². The highest BCUT2D eigenvalue weighted by molar-refractivity contribution is 6.33. The molecule has 1 heterocycles. The van der Waals surface area contributed by atoms with E-state index in [4.69, 9.17) is 39.2 Å². The molecule has 1 aromatic heterocycles. The number of hydrogen-bond acceptors (Lipinski definition) is 2. The van der Waals surface area contributed by atoms with Gasteiger partial charge in [0, 0.05) is 10.0 Å². The summed E-state index contributed by atoms with van der Waals surface area (Å²) in [7, 11) is 0. The van der Waals surface area contributed by atoms with Gasteiger partial charge in [-0.3, -0.25) is 0 Å². The van der Waals surface area contributed by atoms with E-state index >= 15 is 0 Å². The third-order valence-electron chi connectivity index (χ3n) is 2.56. The molecule has 0 aliphatic heterocycles. The highest BCUT2D eigenvalue weighted by Gasteiger charge is 2.19. The van der Waals surface area contributed by atoms with Crippen LogP contribution in [0.25, 0.3) is 0 Å². The number of rotatable bonds is 4. The lowest BCUT2D eigenvalue weighted by molar-refractivity contribution is 0.453. The third kappa shape index (κ3) is 3.01. The van der Waals surface area contributed by atoms with Crippen molar-refractivity contribution in [2.24, 2.45) is 0 Å². The fourth-order valence-electron chi connectivity index (χ4n) is 1.79. The van der Waals surface area contributed by atoms with E-state index in [9.17, 15) is 0 Å². The Hall–Kier alpha value is -0.670. The lowest BCUT2D eigenvalue weighted by Gasteiger charge is -2.17. The Bertz CT molecular complexity index is 539. The molecule has 0 spiro atoms. The van der Waals surface area contributed by atoms with Crippen LogP contribution in [0.15, 0.2) is 34.7 Å². The smallest absolute Gasteiger partial charge is 0.193 e. The quantitative estimate of drug-likeness (QED) is 0.865. The van der Waals surface area contributed by atoms with Crippen LogP contribution >= 0.6 is 34.8 Å². The summed E-state index contributed by atoms with van der Waals surface area (Å²) in [6.07, 6.45) is 0. The van der Waals surface area contributed by atoms with E-state index in [0.29, 0.717) is 21.0 Å². The van der Waals surface area contributed by atoms with Crippen molar-refractivity contribution in [1.82, 2.24) is 5.32 Å². The largest absolute Gasteiger partial charge is 0.448 e. The topological polar surface area (TPSA) is 25.2 Å². The van der Waals surface area contributed by atoms with Crippen LogP contribution in [0.5, 0.6) is 0 Å². The van der Waals surface area contributed by atoms with E-state index in [-0.39, 0.29) is 6.04 Å². The second kappa shape index (κ2) is 5.98. The molecule has 5 heteroatoms. The minimum absolute atomic E-state index is 0.159. The first-order chi connectivity index (χ1) is 8.61. The minimum Gasteiger partial charge on any atom is -0.448 e. The standard InChI is InChI=1S/C13H12Cl3NO/c1-2-17-13(11-5-6-12(16)18-11)9-7-8(14)3-4-10(9)15/h3-7,13,17H,2H2,1H3. The Balaban J connectivity index is 2.44. The second-order valence-corrected chi connectivity index (χ2v) is 5.01. The summed E-state index contributed by atoms with van der Waals surface area (Å²) in [5.74, 6) is 0.714. The van der Waals surface area contributed by atoms with Crippen LogP contribution in [0.1, 0.15) is 24.3 Å². The summed E-state index contributed by atoms with van der Waals surface area (Å²) >= 11 is 18.0. The molecule has 0 saturated carbocycles.